The number of benzene rings is 2. The minimum absolute atomic E-state index is 0.0162. The number of piperazine rings is 1. The number of fused-ring (bicyclic) bond motifs is 2. The fourth-order valence-electron chi connectivity index (χ4n) is 8.64. The second-order valence-corrected chi connectivity index (χ2v) is 16.6. The van der Waals surface area contributed by atoms with Gasteiger partial charge in [-0.15, -0.1) is 0 Å². The topological polar surface area (TPSA) is 62.3 Å². The van der Waals surface area contributed by atoms with E-state index < -0.39 is 5.60 Å². The molecule has 0 bridgehead atoms. The number of carbonyl (C=O) groups is 2. The molecule has 1 aliphatic carbocycles. The van der Waals surface area contributed by atoms with E-state index in [9.17, 15) is 9.59 Å². The van der Waals surface area contributed by atoms with E-state index in [1.807, 2.05) is 38.3 Å². The Bertz CT molecular complexity index is 1530. The van der Waals surface area contributed by atoms with Gasteiger partial charge in [-0.3, -0.25) is 14.6 Å². The Hall–Kier alpha value is -2.71. The molecule has 0 amide bonds. The van der Waals surface area contributed by atoms with Crippen LogP contribution in [0.1, 0.15) is 95.1 Å². The van der Waals surface area contributed by atoms with Crippen molar-refractivity contribution in [3.63, 3.8) is 0 Å². The largest absolute Gasteiger partial charge is 0.487 e. The molecule has 2 aliphatic heterocycles. The van der Waals surface area contributed by atoms with Gasteiger partial charge in [0.2, 0.25) is 0 Å². The molecule has 0 unspecified atom stereocenters. The third-order valence-corrected chi connectivity index (χ3v) is 12.5. The molecule has 2 heterocycles. The lowest BCUT2D eigenvalue weighted by Crippen LogP contribution is -2.63. The zero-order valence-corrected chi connectivity index (χ0v) is 33.0. The van der Waals surface area contributed by atoms with Crippen LogP contribution in [0.5, 0.6) is 5.75 Å². The summed E-state index contributed by atoms with van der Waals surface area (Å²) in [5, 5.41) is 0.756. The van der Waals surface area contributed by atoms with Gasteiger partial charge in [-0.2, -0.15) is 0 Å². The monoisotopic (exact) mass is 719 g/mol. The van der Waals surface area contributed by atoms with Crippen molar-refractivity contribution in [1.29, 1.82) is 0 Å². The number of halogens is 1. The van der Waals surface area contributed by atoms with Crippen LogP contribution in [0.4, 0.5) is 5.69 Å². The summed E-state index contributed by atoms with van der Waals surface area (Å²) in [5.74, 6) is 1.88. The number of aryl methyl sites for hydroxylation is 1. The molecule has 8 heteroatoms. The molecule has 0 aromatic heterocycles. The first-order valence-electron chi connectivity index (χ1n) is 19.3. The van der Waals surface area contributed by atoms with Crippen molar-refractivity contribution in [2.75, 3.05) is 57.8 Å². The van der Waals surface area contributed by atoms with Gasteiger partial charge < -0.3 is 19.2 Å². The average molecular weight is 720 g/mol. The van der Waals surface area contributed by atoms with Gasteiger partial charge in [0.05, 0.1) is 5.69 Å². The molecular formula is C43H62ClN3O4. The number of hydrogen-bond acceptors (Lipinski definition) is 7. The van der Waals surface area contributed by atoms with Gasteiger partial charge in [-0.05, 0) is 125 Å². The number of Topliss-reactive ketones (excluding diaryl/α,β-unsaturated/α-hetero) is 1. The first-order valence-corrected chi connectivity index (χ1v) is 19.7. The molecule has 5 atom stereocenters. The number of rotatable bonds is 13. The van der Waals surface area contributed by atoms with Crippen molar-refractivity contribution < 1.29 is 19.1 Å². The predicted octanol–water partition coefficient (Wildman–Crippen LogP) is 8.51. The Morgan fingerprint density at radius 1 is 1.10 bits per heavy atom. The van der Waals surface area contributed by atoms with E-state index >= 15 is 0 Å². The van der Waals surface area contributed by atoms with Gasteiger partial charge in [0.15, 0.2) is 5.78 Å². The highest BCUT2D eigenvalue weighted by atomic mass is 35.5. The SMILES string of the molecule is CCN1CCN(C[C@](/C=C/C[C@H](C)[C@@H](C)C=O)(OC)[C@@H]2CC[C@H]2CN2CCCCc3cc(Cl)ccc3COc3ccc(C(C)=O)cc32)CC1(C)C. The van der Waals surface area contributed by atoms with Crippen molar-refractivity contribution in [3.8, 4) is 5.75 Å². The van der Waals surface area contributed by atoms with Gasteiger partial charge in [-0.1, -0.05) is 50.6 Å². The van der Waals surface area contributed by atoms with Crippen LogP contribution in [0.3, 0.4) is 0 Å². The third-order valence-electron chi connectivity index (χ3n) is 12.3. The maximum atomic E-state index is 12.6. The minimum atomic E-state index is -0.451. The molecule has 3 aliphatic rings. The molecule has 2 aromatic rings. The van der Waals surface area contributed by atoms with Gasteiger partial charge in [0, 0.05) is 68.4 Å². The van der Waals surface area contributed by atoms with Crippen LogP contribution in [-0.2, 0) is 22.6 Å². The molecule has 0 radical (unpaired) electrons. The number of anilines is 1. The summed E-state index contributed by atoms with van der Waals surface area (Å²) in [5.41, 5.74) is 3.74. The minimum Gasteiger partial charge on any atom is -0.487 e. The molecule has 2 fully saturated rings. The number of nitrogens with zero attached hydrogens (tertiary/aromatic N) is 3. The lowest BCUT2D eigenvalue weighted by Gasteiger charge is -2.53. The number of methoxy groups -OCH3 is 1. The number of hydrogen-bond donors (Lipinski definition) is 0. The van der Waals surface area contributed by atoms with E-state index in [1.165, 1.54) is 5.56 Å². The van der Waals surface area contributed by atoms with Crippen molar-refractivity contribution in [3.05, 3.63) is 70.3 Å². The van der Waals surface area contributed by atoms with Crippen molar-refractivity contribution in [1.82, 2.24) is 9.80 Å². The smallest absolute Gasteiger partial charge is 0.159 e. The van der Waals surface area contributed by atoms with E-state index in [1.54, 1.807) is 6.92 Å². The Balaban J connectivity index is 1.44. The van der Waals surface area contributed by atoms with Crippen LogP contribution < -0.4 is 9.64 Å². The lowest BCUT2D eigenvalue weighted by atomic mass is 9.63. The molecule has 0 N–H and O–H groups in total. The fraction of sp³-hybridized carbons (Fsp3) is 0.628. The molecule has 280 valence electrons. The van der Waals surface area contributed by atoms with Crippen molar-refractivity contribution in [2.24, 2.45) is 23.7 Å². The first kappa shape index (κ1) is 39.5. The molecule has 51 heavy (non-hydrogen) atoms. The van der Waals surface area contributed by atoms with Crippen LogP contribution in [0, 0.1) is 23.7 Å². The Morgan fingerprint density at radius 2 is 1.90 bits per heavy atom. The van der Waals surface area contributed by atoms with Crippen molar-refractivity contribution >= 4 is 29.4 Å². The van der Waals surface area contributed by atoms with Crippen molar-refractivity contribution in [2.45, 2.75) is 97.8 Å². The zero-order valence-electron chi connectivity index (χ0n) is 32.3. The van der Waals surface area contributed by atoms with Gasteiger partial charge in [-0.25, -0.2) is 0 Å². The Kier molecular flexibility index (Phi) is 13.5. The third kappa shape index (κ3) is 9.45. The second-order valence-electron chi connectivity index (χ2n) is 16.2. The number of carbonyl (C=O) groups excluding carboxylic acids is 2. The molecule has 0 spiro atoms. The van der Waals surface area contributed by atoms with Gasteiger partial charge >= 0.3 is 0 Å². The molecule has 1 saturated carbocycles. The highest BCUT2D eigenvalue weighted by molar-refractivity contribution is 6.30. The maximum Gasteiger partial charge on any atom is 0.159 e. The highest BCUT2D eigenvalue weighted by Gasteiger charge is 2.49. The molecule has 5 rings (SSSR count). The zero-order chi connectivity index (χ0) is 36.8. The number of allylic oxidation sites excluding steroid dienone is 1. The normalized spacial score (nSPS) is 23.9. The van der Waals surface area contributed by atoms with E-state index in [-0.39, 0.29) is 23.2 Å². The van der Waals surface area contributed by atoms with E-state index in [0.29, 0.717) is 24.0 Å². The second kappa shape index (κ2) is 17.4. The molecule has 2 aromatic carbocycles. The Morgan fingerprint density at radius 3 is 2.57 bits per heavy atom. The summed E-state index contributed by atoms with van der Waals surface area (Å²) in [6, 6.07) is 12.0. The van der Waals surface area contributed by atoms with Gasteiger partial charge in [0.1, 0.15) is 24.2 Å². The number of ether oxygens (including phenoxy) is 2. The number of ketones is 1. The molecular weight excluding hydrogens is 658 g/mol. The fourth-order valence-corrected chi connectivity index (χ4v) is 8.84. The maximum absolute atomic E-state index is 12.6. The lowest BCUT2D eigenvalue weighted by molar-refractivity contribution is -0.111. The first-order chi connectivity index (χ1) is 24.4. The summed E-state index contributed by atoms with van der Waals surface area (Å²) in [7, 11) is 1.89. The van der Waals surface area contributed by atoms with E-state index in [0.717, 1.165) is 113 Å². The quantitative estimate of drug-likeness (QED) is 0.117. The summed E-state index contributed by atoms with van der Waals surface area (Å²) >= 11 is 6.41. The van der Waals surface area contributed by atoms with Crippen LogP contribution >= 0.6 is 11.6 Å². The Labute approximate surface area is 312 Å². The summed E-state index contributed by atoms with van der Waals surface area (Å²) in [4.78, 5) is 31.9. The molecule has 1 saturated heterocycles. The summed E-state index contributed by atoms with van der Waals surface area (Å²) < 4.78 is 13.3. The van der Waals surface area contributed by atoms with Gasteiger partial charge in [0.25, 0.3) is 0 Å². The van der Waals surface area contributed by atoms with E-state index in [4.69, 9.17) is 21.1 Å². The summed E-state index contributed by atoms with van der Waals surface area (Å²) in [6.45, 7) is 19.9. The molecule has 7 nitrogen and oxygen atoms in total. The van der Waals surface area contributed by atoms with Crippen LogP contribution in [-0.4, -0.2) is 85.9 Å². The van der Waals surface area contributed by atoms with Crippen LogP contribution in [0.25, 0.3) is 0 Å². The predicted molar refractivity (Wildman–Crippen MR) is 209 cm³/mol. The number of likely N-dealkylation sites (N-methyl/N-ethyl adjacent to an activating group) is 1. The summed E-state index contributed by atoms with van der Waals surface area (Å²) in [6.07, 6.45) is 11.8. The standard InChI is InChI=1S/C43H62ClN3O4/c1-8-47-23-22-45(29-42(47,5)6)30-43(50-7,20-11-12-31(2)32(3)27-48)39-18-15-36(39)26-46-21-10-9-13-35-24-38(44)17-14-37(35)28-51-41-19-16-34(33(4)49)25-40(41)46/h11,14,16-17,19-20,24-25,27,31-32,36,39H,8-10,12-13,15,18,21-23,26,28-30H2,1-7H3/b20-11+/t31-,32-,36-,39+,43-/m0/s1. The van der Waals surface area contributed by atoms with E-state index in [2.05, 4.69) is 66.7 Å². The van der Waals surface area contributed by atoms with Crippen LogP contribution in [0.2, 0.25) is 5.02 Å². The van der Waals surface area contributed by atoms with Crippen LogP contribution in [0.15, 0.2) is 48.6 Å². The number of aldehydes is 1. The average Bonchev–Trinajstić information content (AvgIpc) is 3.12. The highest BCUT2D eigenvalue weighted by Crippen LogP contribution is 2.47.